The van der Waals surface area contributed by atoms with Crippen molar-refractivity contribution in [1.82, 2.24) is 0 Å². The third-order valence-electron chi connectivity index (χ3n) is 6.36. The fraction of sp³-hybridized carbons (Fsp3) is 0.231. The standard InChI is InChI=1S/C26H23ClN2O5/c1-15-18(27)12-8-13-19(15)28-25(30)21-22(17-11-7-14-20(32-2)23(17)33-3)29(34-24(21)26(28)31)16-9-5-4-6-10-16/h4-14,21-22,24H,1-3H3/t21-,22+,24+/m0/s1. The van der Waals surface area contributed by atoms with Crippen LogP contribution in [0.1, 0.15) is 17.2 Å². The summed E-state index contributed by atoms with van der Waals surface area (Å²) in [5, 5.41) is 2.11. The van der Waals surface area contributed by atoms with Crippen LogP contribution in [-0.4, -0.2) is 32.1 Å². The molecule has 3 atom stereocenters. The van der Waals surface area contributed by atoms with Crippen molar-refractivity contribution in [3.63, 3.8) is 0 Å². The van der Waals surface area contributed by atoms with Gasteiger partial charge in [0, 0.05) is 10.6 Å². The first-order chi connectivity index (χ1) is 16.5. The fourth-order valence-corrected chi connectivity index (χ4v) is 4.92. The number of amides is 2. The number of ether oxygens (including phenoxy) is 2. The molecule has 2 aliphatic rings. The first-order valence-corrected chi connectivity index (χ1v) is 11.2. The number of benzene rings is 3. The van der Waals surface area contributed by atoms with E-state index in [0.29, 0.717) is 33.3 Å². The molecule has 0 radical (unpaired) electrons. The monoisotopic (exact) mass is 478 g/mol. The highest BCUT2D eigenvalue weighted by atomic mass is 35.5. The molecule has 2 saturated heterocycles. The lowest BCUT2D eigenvalue weighted by molar-refractivity contribution is -0.126. The van der Waals surface area contributed by atoms with Crippen LogP contribution in [0.3, 0.4) is 0 Å². The molecule has 3 aromatic rings. The van der Waals surface area contributed by atoms with Gasteiger partial charge in [0.25, 0.3) is 5.91 Å². The number of halogens is 1. The number of hydrogen-bond acceptors (Lipinski definition) is 6. The Bertz CT molecular complexity index is 1270. The van der Waals surface area contributed by atoms with Crippen LogP contribution < -0.4 is 19.4 Å². The Hall–Kier alpha value is -3.55. The summed E-state index contributed by atoms with van der Waals surface area (Å²) in [6, 6.07) is 19.4. The van der Waals surface area contributed by atoms with Gasteiger partial charge in [0.15, 0.2) is 17.6 Å². The Labute approximate surface area is 202 Å². The van der Waals surface area contributed by atoms with Gasteiger partial charge in [0.2, 0.25) is 5.91 Å². The molecule has 0 saturated carbocycles. The van der Waals surface area contributed by atoms with E-state index in [-0.39, 0.29) is 5.91 Å². The molecule has 0 aliphatic carbocycles. The van der Waals surface area contributed by atoms with E-state index in [1.807, 2.05) is 42.5 Å². The molecule has 2 heterocycles. The number of carbonyl (C=O) groups is 2. The van der Waals surface area contributed by atoms with E-state index >= 15 is 0 Å². The zero-order valence-electron chi connectivity index (χ0n) is 18.9. The van der Waals surface area contributed by atoms with Crippen molar-refractivity contribution in [2.75, 3.05) is 24.2 Å². The van der Waals surface area contributed by atoms with E-state index in [2.05, 4.69) is 0 Å². The molecule has 5 rings (SSSR count). The summed E-state index contributed by atoms with van der Waals surface area (Å²) in [5.74, 6) is -0.569. The van der Waals surface area contributed by atoms with Gasteiger partial charge < -0.3 is 9.47 Å². The average Bonchev–Trinajstić information content (AvgIpc) is 3.37. The zero-order valence-corrected chi connectivity index (χ0v) is 19.7. The van der Waals surface area contributed by atoms with E-state index < -0.39 is 24.0 Å². The van der Waals surface area contributed by atoms with Gasteiger partial charge >= 0.3 is 0 Å². The molecule has 2 amide bonds. The smallest absolute Gasteiger partial charge is 0.266 e. The minimum Gasteiger partial charge on any atom is -0.493 e. The molecule has 7 nitrogen and oxygen atoms in total. The molecule has 0 aromatic heterocycles. The van der Waals surface area contributed by atoms with Gasteiger partial charge in [-0.25, -0.2) is 9.96 Å². The number of anilines is 2. The minimum atomic E-state index is -0.994. The number of fused-ring (bicyclic) bond motifs is 1. The lowest BCUT2D eigenvalue weighted by atomic mass is 9.89. The normalized spacial score (nSPS) is 21.7. The van der Waals surface area contributed by atoms with Gasteiger partial charge in [-0.2, -0.15) is 0 Å². The van der Waals surface area contributed by atoms with Crippen molar-refractivity contribution in [2.24, 2.45) is 5.92 Å². The first-order valence-electron chi connectivity index (χ1n) is 10.8. The maximum atomic E-state index is 13.9. The molecule has 2 fully saturated rings. The summed E-state index contributed by atoms with van der Waals surface area (Å²) >= 11 is 6.29. The third kappa shape index (κ3) is 3.31. The average molecular weight is 479 g/mol. The van der Waals surface area contributed by atoms with Crippen LogP contribution in [0.25, 0.3) is 0 Å². The van der Waals surface area contributed by atoms with Crippen LogP contribution in [0.5, 0.6) is 11.5 Å². The lowest BCUT2D eigenvalue weighted by Gasteiger charge is -2.30. The maximum Gasteiger partial charge on any atom is 0.266 e. The van der Waals surface area contributed by atoms with Gasteiger partial charge in [-0.1, -0.05) is 48.0 Å². The second-order valence-electron chi connectivity index (χ2n) is 8.14. The van der Waals surface area contributed by atoms with Crippen LogP contribution in [-0.2, 0) is 14.4 Å². The first kappa shape index (κ1) is 22.3. The van der Waals surface area contributed by atoms with Crippen LogP contribution >= 0.6 is 11.6 Å². The second kappa shape index (κ2) is 8.66. The highest BCUT2D eigenvalue weighted by molar-refractivity contribution is 6.32. The number of hydroxylamine groups is 1. The van der Waals surface area contributed by atoms with Crippen molar-refractivity contribution < 1.29 is 23.9 Å². The third-order valence-corrected chi connectivity index (χ3v) is 6.77. The number of methoxy groups -OCH3 is 2. The molecule has 34 heavy (non-hydrogen) atoms. The fourth-order valence-electron chi connectivity index (χ4n) is 4.75. The van der Waals surface area contributed by atoms with Gasteiger partial charge in [-0.3, -0.25) is 14.4 Å². The summed E-state index contributed by atoms with van der Waals surface area (Å²) < 4.78 is 11.2. The highest BCUT2D eigenvalue weighted by Gasteiger charge is 2.61. The molecule has 174 valence electrons. The maximum absolute atomic E-state index is 13.9. The Kier molecular flexibility index (Phi) is 5.67. The predicted octanol–water partition coefficient (Wildman–Crippen LogP) is 4.72. The minimum absolute atomic E-state index is 0.353. The number of para-hydroxylation sites is 2. The quantitative estimate of drug-likeness (QED) is 0.494. The van der Waals surface area contributed by atoms with Crippen molar-refractivity contribution in [2.45, 2.75) is 19.1 Å². The highest BCUT2D eigenvalue weighted by Crippen LogP contribution is 2.51. The Morgan fingerprint density at radius 2 is 1.62 bits per heavy atom. The van der Waals surface area contributed by atoms with Gasteiger partial charge in [0.1, 0.15) is 12.0 Å². The topological polar surface area (TPSA) is 68.3 Å². The molecule has 0 bridgehead atoms. The predicted molar refractivity (Wildman–Crippen MR) is 128 cm³/mol. The summed E-state index contributed by atoms with van der Waals surface area (Å²) in [6.45, 7) is 1.78. The SMILES string of the molecule is COc1cccc([C@@H]2[C@@H]3C(=O)N(c4cccc(Cl)c4C)C(=O)[C@@H]3ON2c2ccccc2)c1OC. The Morgan fingerprint density at radius 1 is 0.882 bits per heavy atom. The summed E-state index contributed by atoms with van der Waals surface area (Å²) in [6.07, 6.45) is -0.994. The van der Waals surface area contributed by atoms with Crippen molar-refractivity contribution in [3.8, 4) is 11.5 Å². The molecule has 8 heteroatoms. The number of rotatable bonds is 5. The Balaban J connectivity index is 1.66. The van der Waals surface area contributed by atoms with Crippen molar-refractivity contribution in [3.05, 3.63) is 82.9 Å². The summed E-state index contributed by atoms with van der Waals surface area (Å²) in [5.41, 5.74) is 2.52. The molecule has 0 spiro atoms. The van der Waals surface area contributed by atoms with Crippen LogP contribution in [0.2, 0.25) is 5.02 Å². The lowest BCUT2D eigenvalue weighted by Crippen LogP contribution is -2.37. The van der Waals surface area contributed by atoms with Crippen LogP contribution in [0.15, 0.2) is 66.7 Å². The van der Waals surface area contributed by atoms with E-state index in [1.54, 1.807) is 50.5 Å². The Morgan fingerprint density at radius 3 is 2.32 bits per heavy atom. The van der Waals surface area contributed by atoms with E-state index in [0.717, 1.165) is 5.69 Å². The molecular weight excluding hydrogens is 456 g/mol. The van der Waals surface area contributed by atoms with Crippen molar-refractivity contribution >= 4 is 34.8 Å². The van der Waals surface area contributed by atoms with Crippen LogP contribution in [0.4, 0.5) is 11.4 Å². The van der Waals surface area contributed by atoms with Gasteiger partial charge in [-0.15, -0.1) is 0 Å². The number of hydrogen-bond donors (Lipinski definition) is 0. The van der Waals surface area contributed by atoms with E-state index in [9.17, 15) is 9.59 Å². The number of nitrogens with zero attached hydrogens (tertiary/aromatic N) is 2. The molecule has 2 aliphatic heterocycles. The van der Waals surface area contributed by atoms with Crippen molar-refractivity contribution in [1.29, 1.82) is 0 Å². The van der Waals surface area contributed by atoms with E-state index in [1.165, 1.54) is 4.90 Å². The van der Waals surface area contributed by atoms with Gasteiger partial charge in [0.05, 0.1) is 25.6 Å². The largest absolute Gasteiger partial charge is 0.493 e. The van der Waals surface area contributed by atoms with Gasteiger partial charge in [-0.05, 0) is 42.8 Å². The number of carbonyl (C=O) groups excluding carboxylic acids is 2. The molecule has 0 N–H and O–H groups in total. The summed E-state index contributed by atoms with van der Waals surface area (Å²) in [7, 11) is 3.10. The van der Waals surface area contributed by atoms with Crippen LogP contribution in [0, 0.1) is 12.8 Å². The van der Waals surface area contributed by atoms with E-state index in [4.69, 9.17) is 25.9 Å². The summed E-state index contributed by atoms with van der Waals surface area (Å²) in [4.78, 5) is 34.8. The molecule has 3 aromatic carbocycles. The number of imide groups is 1. The zero-order chi connectivity index (χ0) is 24.0. The second-order valence-corrected chi connectivity index (χ2v) is 8.54. The molecular formula is C26H23ClN2O5. The molecule has 0 unspecified atom stereocenters.